The normalized spacial score (nSPS) is 20.1. The summed E-state index contributed by atoms with van der Waals surface area (Å²) in [5, 5.41) is 5.93. The summed E-state index contributed by atoms with van der Waals surface area (Å²) >= 11 is 5.91. The van der Waals surface area contributed by atoms with Crippen molar-refractivity contribution in [2.24, 2.45) is 0 Å². The van der Waals surface area contributed by atoms with Gasteiger partial charge >= 0.3 is 6.03 Å². The number of methoxy groups -OCH3 is 1. The molecule has 0 saturated carbocycles. The Labute approximate surface area is 128 Å². The highest BCUT2D eigenvalue weighted by Crippen LogP contribution is 2.27. The highest BCUT2D eigenvalue weighted by Gasteiger charge is 2.32. The molecular formula is C14H19ClN2O4. The molecule has 7 heteroatoms. The van der Waals surface area contributed by atoms with Crippen LogP contribution in [0.25, 0.3) is 0 Å². The number of halogens is 1. The van der Waals surface area contributed by atoms with Crippen molar-refractivity contribution in [3.63, 3.8) is 0 Å². The maximum atomic E-state index is 11.9. The molecule has 0 spiro atoms. The summed E-state index contributed by atoms with van der Waals surface area (Å²) in [6, 6.07) is 4.64. The van der Waals surface area contributed by atoms with Crippen molar-refractivity contribution in [3.05, 3.63) is 23.2 Å². The van der Waals surface area contributed by atoms with Crippen molar-refractivity contribution in [1.82, 2.24) is 5.32 Å². The maximum Gasteiger partial charge on any atom is 0.319 e. The average Bonchev–Trinajstić information content (AvgIpc) is 2.76. The zero-order chi connectivity index (χ0) is 15.5. The number of ether oxygens (including phenoxy) is 3. The molecule has 6 nitrogen and oxygen atoms in total. The van der Waals surface area contributed by atoms with Crippen molar-refractivity contribution < 1.29 is 19.0 Å². The Morgan fingerprint density at radius 3 is 2.90 bits per heavy atom. The number of carbonyl (C=O) groups is 1. The van der Waals surface area contributed by atoms with E-state index < -0.39 is 5.79 Å². The third kappa shape index (κ3) is 4.49. The summed E-state index contributed by atoms with van der Waals surface area (Å²) in [6.45, 7) is 4.49. The van der Waals surface area contributed by atoms with Gasteiger partial charge in [-0.1, -0.05) is 11.6 Å². The van der Waals surface area contributed by atoms with Gasteiger partial charge in [-0.05, 0) is 32.0 Å². The van der Waals surface area contributed by atoms with Gasteiger partial charge in [0.1, 0.15) is 11.9 Å². The van der Waals surface area contributed by atoms with Crippen LogP contribution in [-0.4, -0.2) is 38.2 Å². The average molecular weight is 315 g/mol. The second-order valence-corrected chi connectivity index (χ2v) is 5.57. The molecule has 1 aromatic carbocycles. The van der Waals surface area contributed by atoms with E-state index in [1.54, 1.807) is 18.2 Å². The summed E-state index contributed by atoms with van der Waals surface area (Å²) in [5.74, 6) is -0.0601. The van der Waals surface area contributed by atoms with Crippen molar-refractivity contribution in [2.75, 3.05) is 25.6 Å². The summed E-state index contributed by atoms with van der Waals surface area (Å²) < 4.78 is 16.2. The number of anilines is 1. The fourth-order valence-electron chi connectivity index (χ4n) is 2.01. The molecule has 21 heavy (non-hydrogen) atoms. The quantitative estimate of drug-likeness (QED) is 0.896. The Hall–Kier alpha value is -1.50. The minimum atomic E-state index is -0.598. The highest BCUT2D eigenvalue weighted by molar-refractivity contribution is 6.31. The number of nitrogens with one attached hydrogen (secondary N) is 2. The van der Waals surface area contributed by atoms with Crippen molar-refractivity contribution in [3.8, 4) is 5.75 Å². The molecule has 1 atom stereocenters. The number of rotatable bonds is 4. The lowest BCUT2D eigenvalue weighted by molar-refractivity contribution is -0.137. The molecule has 1 aliphatic heterocycles. The molecule has 0 aromatic heterocycles. The van der Waals surface area contributed by atoms with E-state index in [1.807, 2.05) is 13.8 Å². The fraction of sp³-hybridized carbons (Fsp3) is 0.500. The molecule has 0 radical (unpaired) electrons. The monoisotopic (exact) mass is 314 g/mol. The van der Waals surface area contributed by atoms with Gasteiger partial charge in [0.2, 0.25) is 0 Å². The van der Waals surface area contributed by atoms with Crippen molar-refractivity contribution >= 4 is 23.3 Å². The number of urea groups is 1. The van der Waals surface area contributed by atoms with Gasteiger partial charge in [0.15, 0.2) is 5.79 Å². The molecule has 1 aromatic rings. The van der Waals surface area contributed by atoms with E-state index in [9.17, 15) is 4.79 Å². The fourth-order valence-corrected chi connectivity index (χ4v) is 2.19. The van der Waals surface area contributed by atoms with Gasteiger partial charge in [0.05, 0.1) is 19.4 Å². The van der Waals surface area contributed by atoms with Crippen molar-refractivity contribution in [1.29, 1.82) is 0 Å². The molecule has 2 amide bonds. The minimum absolute atomic E-state index is 0.160. The number of amides is 2. The molecule has 1 saturated heterocycles. The topological polar surface area (TPSA) is 68.8 Å². The lowest BCUT2D eigenvalue weighted by Gasteiger charge is -2.17. The van der Waals surface area contributed by atoms with Gasteiger partial charge in [0, 0.05) is 11.6 Å². The Morgan fingerprint density at radius 1 is 1.52 bits per heavy atom. The molecule has 2 N–H and O–H groups in total. The SMILES string of the molecule is COc1ccc(Cl)cc1NC(=O)NCC1COC(C)(C)O1. The number of carbonyl (C=O) groups excluding carboxylic acids is 1. The van der Waals surface area contributed by atoms with E-state index in [2.05, 4.69) is 10.6 Å². The van der Waals surface area contributed by atoms with Crippen LogP contribution in [0.3, 0.4) is 0 Å². The number of hydrogen-bond donors (Lipinski definition) is 2. The van der Waals surface area contributed by atoms with Gasteiger partial charge in [-0.15, -0.1) is 0 Å². The van der Waals surface area contributed by atoms with E-state index in [4.69, 9.17) is 25.8 Å². The van der Waals surface area contributed by atoms with E-state index in [-0.39, 0.29) is 12.1 Å². The molecule has 1 heterocycles. The van der Waals surface area contributed by atoms with Crippen LogP contribution in [0.15, 0.2) is 18.2 Å². The van der Waals surface area contributed by atoms with Gasteiger partial charge in [-0.25, -0.2) is 4.79 Å². The number of benzene rings is 1. The highest BCUT2D eigenvalue weighted by atomic mass is 35.5. The molecular weight excluding hydrogens is 296 g/mol. The van der Waals surface area contributed by atoms with E-state index >= 15 is 0 Å². The van der Waals surface area contributed by atoms with Gasteiger partial charge in [-0.2, -0.15) is 0 Å². The van der Waals surface area contributed by atoms with Gasteiger partial charge in [0.25, 0.3) is 0 Å². The largest absolute Gasteiger partial charge is 0.495 e. The first kappa shape index (κ1) is 15.9. The lowest BCUT2D eigenvalue weighted by atomic mass is 10.3. The minimum Gasteiger partial charge on any atom is -0.495 e. The van der Waals surface area contributed by atoms with Crippen LogP contribution in [0.5, 0.6) is 5.75 Å². The predicted octanol–water partition coefficient (Wildman–Crippen LogP) is 2.62. The Bertz CT molecular complexity index is 522. The van der Waals surface area contributed by atoms with Crippen LogP contribution in [-0.2, 0) is 9.47 Å². The second kappa shape index (κ2) is 6.51. The summed E-state index contributed by atoms with van der Waals surface area (Å²) in [6.07, 6.45) is -0.160. The molecule has 116 valence electrons. The Kier molecular flexibility index (Phi) is 4.92. The summed E-state index contributed by atoms with van der Waals surface area (Å²) in [7, 11) is 1.53. The first-order valence-corrected chi connectivity index (χ1v) is 6.97. The maximum absolute atomic E-state index is 11.9. The molecule has 1 fully saturated rings. The van der Waals surface area contributed by atoms with Gasteiger partial charge in [-0.3, -0.25) is 0 Å². The van der Waals surface area contributed by atoms with Crippen LogP contribution in [0.2, 0.25) is 5.02 Å². The molecule has 1 unspecified atom stereocenters. The first-order valence-electron chi connectivity index (χ1n) is 6.60. The van der Waals surface area contributed by atoms with Crippen LogP contribution in [0.1, 0.15) is 13.8 Å². The number of hydrogen-bond acceptors (Lipinski definition) is 4. The zero-order valence-electron chi connectivity index (χ0n) is 12.2. The predicted molar refractivity (Wildman–Crippen MR) is 79.9 cm³/mol. The smallest absolute Gasteiger partial charge is 0.319 e. The van der Waals surface area contributed by atoms with E-state index in [1.165, 1.54) is 7.11 Å². The Balaban J connectivity index is 1.86. The molecule has 0 aliphatic carbocycles. The van der Waals surface area contributed by atoms with Crippen molar-refractivity contribution in [2.45, 2.75) is 25.7 Å². The lowest BCUT2D eigenvalue weighted by Crippen LogP contribution is -2.37. The van der Waals surface area contributed by atoms with Crippen LogP contribution in [0.4, 0.5) is 10.5 Å². The Morgan fingerprint density at radius 2 is 2.29 bits per heavy atom. The van der Waals surface area contributed by atoms with E-state index in [0.717, 1.165) is 0 Å². The second-order valence-electron chi connectivity index (χ2n) is 5.13. The van der Waals surface area contributed by atoms with Crippen LogP contribution >= 0.6 is 11.6 Å². The third-order valence-corrected chi connectivity index (χ3v) is 3.20. The van der Waals surface area contributed by atoms with E-state index in [0.29, 0.717) is 29.6 Å². The third-order valence-electron chi connectivity index (χ3n) is 2.97. The first-order chi connectivity index (χ1) is 9.89. The zero-order valence-corrected chi connectivity index (χ0v) is 13.0. The molecule has 2 rings (SSSR count). The standard InChI is InChI=1S/C14H19ClN2O4/c1-14(2)20-8-10(21-14)7-16-13(18)17-11-6-9(15)4-5-12(11)19-3/h4-6,10H,7-8H2,1-3H3,(H2,16,17,18). The van der Waals surface area contributed by atoms with Crippen LogP contribution < -0.4 is 15.4 Å². The van der Waals surface area contributed by atoms with Crippen LogP contribution in [0, 0.1) is 0 Å². The summed E-state index contributed by atoms with van der Waals surface area (Å²) in [5.41, 5.74) is 0.506. The van der Waals surface area contributed by atoms with Gasteiger partial charge < -0.3 is 24.8 Å². The molecule has 0 bridgehead atoms. The summed E-state index contributed by atoms with van der Waals surface area (Å²) in [4.78, 5) is 11.9. The molecule has 1 aliphatic rings.